The summed E-state index contributed by atoms with van der Waals surface area (Å²) in [5.41, 5.74) is 2.13. The van der Waals surface area contributed by atoms with Gasteiger partial charge < -0.3 is 4.74 Å². The molecule has 0 aliphatic heterocycles. The fourth-order valence-electron chi connectivity index (χ4n) is 2.92. The van der Waals surface area contributed by atoms with Gasteiger partial charge in [0.25, 0.3) is 5.56 Å². The molecule has 0 bridgehead atoms. The molecule has 0 saturated carbocycles. The average Bonchev–Trinajstić information content (AvgIpc) is 2.98. The number of nitrogens with zero attached hydrogens (tertiary/aromatic N) is 4. The van der Waals surface area contributed by atoms with Crippen LogP contribution in [0.2, 0.25) is 5.02 Å². The van der Waals surface area contributed by atoms with Crippen molar-refractivity contribution < 1.29 is 9.53 Å². The van der Waals surface area contributed by atoms with E-state index in [2.05, 4.69) is 10.1 Å². The number of carbonyl (C=O) groups excluding carboxylic acids is 1. The van der Waals surface area contributed by atoms with Crippen molar-refractivity contribution in [2.45, 2.75) is 6.92 Å². The first kappa shape index (κ1) is 16.3. The van der Waals surface area contributed by atoms with E-state index < -0.39 is 5.97 Å². The Labute approximate surface area is 152 Å². The first-order chi connectivity index (χ1) is 12.5. The van der Waals surface area contributed by atoms with Gasteiger partial charge in [-0.25, -0.2) is 14.3 Å². The topological polar surface area (TPSA) is 78.5 Å². The third kappa shape index (κ3) is 2.36. The number of benzene rings is 1. The Kier molecular flexibility index (Phi) is 3.73. The van der Waals surface area contributed by atoms with Crippen LogP contribution < -0.4 is 5.56 Å². The van der Waals surface area contributed by atoms with Gasteiger partial charge in [-0.15, -0.1) is 0 Å². The maximum atomic E-state index is 12.9. The molecule has 0 aliphatic rings. The molecule has 0 atom stereocenters. The zero-order valence-corrected chi connectivity index (χ0v) is 14.7. The van der Waals surface area contributed by atoms with Crippen molar-refractivity contribution in [3.63, 3.8) is 0 Å². The van der Waals surface area contributed by atoms with Gasteiger partial charge in [-0.05, 0) is 37.3 Å². The summed E-state index contributed by atoms with van der Waals surface area (Å²) in [6.45, 7) is 1.70. The number of rotatable bonds is 2. The summed E-state index contributed by atoms with van der Waals surface area (Å²) >= 11 is 5.91. The smallest absolute Gasteiger partial charge is 0.343 e. The summed E-state index contributed by atoms with van der Waals surface area (Å²) in [7, 11) is 1.30. The van der Waals surface area contributed by atoms with E-state index in [1.807, 2.05) is 0 Å². The van der Waals surface area contributed by atoms with E-state index >= 15 is 0 Å². The summed E-state index contributed by atoms with van der Waals surface area (Å²) in [6, 6.07) is 8.71. The van der Waals surface area contributed by atoms with E-state index in [0.717, 1.165) is 0 Å². The van der Waals surface area contributed by atoms with Crippen LogP contribution in [0, 0.1) is 6.92 Å². The molecule has 0 spiro atoms. The normalized spacial score (nSPS) is 11.2. The lowest BCUT2D eigenvalue weighted by atomic mass is 10.2. The van der Waals surface area contributed by atoms with Gasteiger partial charge in [0, 0.05) is 23.1 Å². The monoisotopic (exact) mass is 368 g/mol. The summed E-state index contributed by atoms with van der Waals surface area (Å²) in [6.07, 6.45) is 3.11. The van der Waals surface area contributed by atoms with Crippen LogP contribution in [-0.4, -0.2) is 32.2 Å². The first-order valence-electron chi connectivity index (χ1n) is 7.75. The minimum Gasteiger partial charge on any atom is -0.465 e. The maximum absolute atomic E-state index is 12.9. The Balaban J connectivity index is 2.00. The minimum atomic E-state index is -0.515. The van der Waals surface area contributed by atoms with Crippen LogP contribution in [0.5, 0.6) is 0 Å². The molecule has 3 aromatic heterocycles. The second kappa shape index (κ2) is 5.96. The van der Waals surface area contributed by atoms with Gasteiger partial charge >= 0.3 is 5.97 Å². The molecule has 0 amide bonds. The Bertz CT molecular complexity index is 1230. The molecular formula is C18H13ClN4O3. The van der Waals surface area contributed by atoms with Crippen molar-refractivity contribution in [1.82, 2.24) is 19.2 Å². The Morgan fingerprint density at radius 3 is 2.62 bits per heavy atom. The first-order valence-corrected chi connectivity index (χ1v) is 8.13. The van der Waals surface area contributed by atoms with Crippen molar-refractivity contribution in [2.24, 2.45) is 0 Å². The number of hydrogen-bond acceptors (Lipinski definition) is 5. The quantitative estimate of drug-likeness (QED) is 0.508. The SMILES string of the molecule is COC(=O)c1c(C)nn2c1ncc1c(=O)n(-c3ccc(Cl)cc3)ccc12. The number of hydrogen-bond donors (Lipinski definition) is 0. The number of ether oxygens (including phenoxy) is 1. The second-order valence-corrected chi connectivity index (χ2v) is 6.15. The van der Waals surface area contributed by atoms with Crippen LogP contribution in [-0.2, 0) is 4.74 Å². The van der Waals surface area contributed by atoms with Crippen molar-refractivity contribution >= 4 is 34.1 Å². The van der Waals surface area contributed by atoms with E-state index in [4.69, 9.17) is 16.3 Å². The molecule has 3 heterocycles. The van der Waals surface area contributed by atoms with Crippen LogP contribution in [0.15, 0.2) is 47.5 Å². The zero-order chi connectivity index (χ0) is 18.4. The minimum absolute atomic E-state index is 0.244. The number of aromatic nitrogens is 4. The molecule has 4 aromatic rings. The Morgan fingerprint density at radius 1 is 1.19 bits per heavy atom. The molecule has 7 nitrogen and oxygen atoms in total. The Hall–Kier alpha value is -3.19. The molecule has 0 aliphatic carbocycles. The second-order valence-electron chi connectivity index (χ2n) is 5.71. The van der Waals surface area contributed by atoms with E-state index in [0.29, 0.717) is 33.0 Å². The van der Waals surface area contributed by atoms with Gasteiger partial charge in [0.05, 0.1) is 23.7 Å². The summed E-state index contributed by atoms with van der Waals surface area (Å²) in [5, 5.41) is 5.33. The standard InChI is InChI=1S/C18H13ClN4O3/c1-10-15(18(25)26-2)16-20-9-13-14(23(16)21-10)7-8-22(17(13)24)12-5-3-11(19)4-6-12/h3-9H,1-2H3. The number of aryl methyl sites for hydroxylation is 1. The summed E-state index contributed by atoms with van der Waals surface area (Å²) in [5.74, 6) is -0.515. The van der Waals surface area contributed by atoms with Crippen LogP contribution in [0.25, 0.3) is 22.2 Å². The lowest BCUT2D eigenvalue weighted by Gasteiger charge is -2.08. The average molecular weight is 369 g/mol. The van der Waals surface area contributed by atoms with Gasteiger partial charge in [0.15, 0.2) is 5.65 Å². The molecule has 0 unspecified atom stereocenters. The largest absolute Gasteiger partial charge is 0.465 e. The van der Waals surface area contributed by atoms with Crippen molar-refractivity contribution in [2.75, 3.05) is 7.11 Å². The maximum Gasteiger partial charge on any atom is 0.343 e. The third-order valence-electron chi connectivity index (χ3n) is 4.18. The number of fused-ring (bicyclic) bond motifs is 3. The van der Waals surface area contributed by atoms with Gasteiger partial charge in [0.1, 0.15) is 5.56 Å². The molecule has 130 valence electrons. The van der Waals surface area contributed by atoms with Crippen molar-refractivity contribution in [1.29, 1.82) is 0 Å². The van der Waals surface area contributed by atoms with Crippen molar-refractivity contribution in [3.05, 3.63) is 69.4 Å². The fourth-order valence-corrected chi connectivity index (χ4v) is 3.05. The molecule has 0 fully saturated rings. The molecule has 8 heteroatoms. The molecule has 0 saturated heterocycles. The molecule has 26 heavy (non-hydrogen) atoms. The fraction of sp³-hybridized carbons (Fsp3) is 0.111. The summed E-state index contributed by atoms with van der Waals surface area (Å²) in [4.78, 5) is 29.2. The number of pyridine rings is 1. The highest BCUT2D eigenvalue weighted by Crippen LogP contribution is 2.20. The van der Waals surface area contributed by atoms with E-state index in [1.54, 1.807) is 43.5 Å². The number of methoxy groups -OCH3 is 1. The zero-order valence-electron chi connectivity index (χ0n) is 13.9. The van der Waals surface area contributed by atoms with Gasteiger partial charge in [-0.3, -0.25) is 9.36 Å². The van der Waals surface area contributed by atoms with Crippen LogP contribution in [0.4, 0.5) is 0 Å². The summed E-state index contributed by atoms with van der Waals surface area (Å²) < 4.78 is 7.79. The molecular weight excluding hydrogens is 356 g/mol. The predicted octanol–water partition coefficient (Wildman–Crippen LogP) is 2.78. The van der Waals surface area contributed by atoms with Crippen LogP contribution in [0.1, 0.15) is 16.1 Å². The molecule has 0 N–H and O–H groups in total. The highest BCUT2D eigenvalue weighted by atomic mass is 35.5. The van der Waals surface area contributed by atoms with Crippen molar-refractivity contribution in [3.8, 4) is 5.69 Å². The van der Waals surface area contributed by atoms with Crippen LogP contribution in [0.3, 0.4) is 0 Å². The van der Waals surface area contributed by atoms with Gasteiger partial charge in [-0.1, -0.05) is 11.6 Å². The molecule has 0 radical (unpaired) electrons. The number of halogens is 1. The lowest BCUT2D eigenvalue weighted by Crippen LogP contribution is -2.18. The molecule has 1 aromatic carbocycles. The third-order valence-corrected chi connectivity index (χ3v) is 4.43. The van der Waals surface area contributed by atoms with Gasteiger partial charge in [0.2, 0.25) is 0 Å². The highest BCUT2D eigenvalue weighted by Gasteiger charge is 2.20. The predicted molar refractivity (Wildman–Crippen MR) is 97.2 cm³/mol. The van der Waals surface area contributed by atoms with Gasteiger partial charge in [-0.2, -0.15) is 5.10 Å². The number of carbonyl (C=O) groups is 1. The Morgan fingerprint density at radius 2 is 1.92 bits per heavy atom. The number of esters is 1. The van der Waals surface area contributed by atoms with E-state index in [-0.39, 0.29) is 11.1 Å². The van der Waals surface area contributed by atoms with E-state index in [1.165, 1.54) is 22.4 Å². The highest BCUT2D eigenvalue weighted by molar-refractivity contribution is 6.30. The molecule has 4 rings (SSSR count). The van der Waals surface area contributed by atoms with Crippen LogP contribution >= 0.6 is 11.6 Å². The van der Waals surface area contributed by atoms with E-state index in [9.17, 15) is 9.59 Å². The lowest BCUT2D eigenvalue weighted by molar-refractivity contribution is 0.0602.